The minimum atomic E-state index is 0.0149. The second-order valence-corrected chi connectivity index (χ2v) is 11.1. The largest absolute Gasteiger partial charge is 0.473 e. The van der Waals surface area contributed by atoms with E-state index in [9.17, 15) is 0 Å². The fourth-order valence-electron chi connectivity index (χ4n) is 5.21. The molecule has 188 valence electrons. The monoisotopic (exact) mass is 483 g/mol. The Morgan fingerprint density at radius 3 is 2.39 bits per heavy atom. The molecule has 1 fully saturated rings. The number of nitrogens with zero attached hydrogens (tertiary/aromatic N) is 2. The highest BCUT2D eigenvalue weighted by atomic mass is 16.5. The van der Waals surface area contributed by atoms with Gasteiger partial charge in [-0.2, -0.15) is 0 Å². The first kappa shape index (κ1) is 25.6. The Balaban J connectivity index is 1.43. The number of fused-ring (bicyclic) bond motifs is 1. The SMILES string of the molecule is CN(C(=N)/C=C\C(=N)c1ccc2cnc(OCc3ccccc3)cc2c1)C1CC(C)(C)NC(C)(C)C1. The highest BCUT2D eigenvalue weighted by Crippen LogP contribution is 2.31. The Morgan fingerprint density at radius 1 is 1.00 bits per heavy atom. The molecule has 0 atom stereocenters. The molecule has 0 spiro atoms. The molecule has 0 amide bonds. The summed E-state index contributed by atoms with van der Waals surface area (Å²) in [6.45, 7) is 9.34. The third-order valence-electron chi connectivity index (χ3n) is 6.74. The zero-order chi connectivity index (χ0) is 25.9. The fraction of sp³-hybridized carbons (Fsp3) is 0.367. The Bertz CT molecular complexity index is 1260. The van der Waals surface area contributed by atoms with Crippen LogP contribution in [0.15, 0.2) is 72.9 Å². The van der Waals surface area contributed by atoms with Crippen molar-refractivity contribution >= 4 is 22.3 Å². The molecule has 2 heterocycles. The normalized spacial score (nSPS) is 17.2. The Kier molecular flexibility index (Phi) is 7.27. The average Bonchev–Trinajstić information content (AvgIpc) is 2.83. The number of ether oxygens (including phenoxy) is 1. The molecule has 6 nitrogen and oxygen atoms in total. The maximum atomic E-state index is 8.62. The number of aromatic nitrogens is 1. The molecule has 3 aromatic rings. The first-order valence-electron chi connectivity index (χ1n) is 12.5. The molecule has 36 heavy (non-hydrogen) atoms. The second-order valence-electron chi connectivity index (χ2n) is 11.1. The number of benzene rings is 2. The lowest BCUT2D eigenvalue weighted by Crippen LogP contribution is -2.62. The zero-order valence-corrected chi connectivity index (χ0v) is 21.9. The molecule has 3 N–H and O–H groups in total. The smallest absolute Gasteiger partial charge is 0.214 e. The van der Waals surface area contributed by atoms with Gasteiger partial charge in [0.2, 0.25) is 5.88 Å². The number of likely N-dealkylation sites (N-methyl/N-ethyl adjacent to an activating group) is 1. The predicted molar refractivity (Wildman–Crippen MR) is 148 cm³/mol. The number of nitrogens with one attached hydrogen (secondary N) is 3. The number of amidine groups is 1. The number of hydrogen-bond acceptors (Lipinski definition) is 5. The molecule has 1 aliphatic heterocycles. The summed E-state index contributed by atoms with van der Waals surface area (Å²) in [6, 6.07) is 18.1. The van der Waals surface area contributed by atoms with Crippen LogP contribution in [0.3, 0.4) is 0 Å². The zero-order valence-electron chi connectivity index (χ0n) is 21.9. The summed E-state index contributed by atoms with van der Waals surface area (Å²) in [5, 5.41) is 22.9. The summed E-state index contributed by atoms with van der Waals surface area (Å²) in [5.41, 5.74) is 2.27. The third kappa shape index (κ3) is 6.38. The molecule has 2 aromatic carbocycles. The maximum Gasteiger partial charge on any atom is 0.214 e. The van der Waals surface area contributed by atoms with E-state index < -0.39 is 0 Å². The van der Waals surface area contributed by atoms with E-state index in [-0.39, 0.29) is 17.1 Å². The van der Waals surface area contributed by atoms with Crippen LogP contribution in [-0.2, 0) is 6.61 Å². The van der Waals surface area contributed by atoms with Crippen LogP contribution in [0, 0.1) is 10.8 Å². The summed E-state index contributed by atoms with van der Waals surface area (Å²) in [5.74, 6) is 0.974. The minimum Gasteiger partial charge on any atom is -0.473 e. The molecule has 1 aliphatic rings. The van der Waals surface area contributed by atoms with E-state index >= 15 is 0 Å². The first-order valence-corrected chi connectivity index (χ1v) is 12.5. The third-order valence-corrected chi connectivity index (χ3v) is 6.74. The van der Waals surface area contributed by atoms with Gasteiger partial charge < -0.3 is 20.4 Å². The number of allylic oxidation sites excluding steroid dienone is 1. The van der Waals surface area contributed by atoms with Gasteiger partial charge in [0.05, 0.1) is 5.71 Å². The van der Waals surface area contributed by atoms with Gasteiger partial charge in [-0.15, -0.1) is 0 Å². The van der Waals surface area contributed by atoms with E-state index in [4.69, 9.17) is 15.6 Å². The molecule has 0 unspecified atom stereocenters. The van der Waals surface area contributed by atoms with Gasteiger partial charge in [-0.25, -0.2) is 4.98 Å². The van der Waals surface area contributed by atoms with Gasteiger partial charge in [0, 0.05) is 47.4 Å². The van der Waals surface area contributed by atoms with Gasteiger partial charge in [0.15, 0.2) is 0 Å². The molecule has 6 heteroatoms. The predicted octanol–water partition coefficient (Wildman–Crippen LogP) is 5.96. The van der Waals surface area contributed by atoms with Gasteiger partial charge in [-0.3, -0.25) is 5.41 Å². The van der Waals surface area contributed by atoms with Crippen molar-refractivity contribution in [3.05, 3.63) is 84.1 Å². The summed E-state index contributed by atoms with van der Waals surface area (Å²) in [6.07, 6.45) is 7.18. The van der Waals surface area contributed by atoms with Crippen molar-refractivity contribution in [1.82, 2.24) is 15.2 Å². The highest BCUT2D eigenvalue weighted by Gasteiger charge is 2.39. The second kappa shape index (κ2) is 10.2. The quantitative estimate of drug-likeness (QED) is 0.286. The molecule has 1 saturated heterocycles. The van der Waals surface area contributed by atoms with Crippen LogP contribution in [0.5, 0.6) is 5.88 Å². The molecule has 4 rings (SSSR count). The molecule has 0 aliphatic carbocycles. The van der Waals surface area contributed by atoms with Crippen molar-refractivity contribution in [3.63, 3.8) is 0 Å². The maximum absolute atomic E-state index is 8.62. The number of hydrogen-bond donors (Lipinski definition) is 3. The van der Waals surface area contributed by atoms with Crippen LogP contribution in [0.1, 0.15) is 51.7 Å². The summed E-state index contributed by atoms with van der Waals surface area (Å²) in [4.78, 5) is 6.45. The van der Waals surface area contributed by atoms with Gasteiger partial charge in [0.1, 0.15) is 12.4 Å². The molecular formula is C30H37N5O. The van der Waals surface area contributed by atoms with Crippen molar-refractivity contribution in [2.24, 2.45) is 0 Å². The summed E-state index contributed by atoms with van der Waals surface area (Å²) in [7, 11) is 1.98. The van der Waals surface area contributed by atoms with Gasteiger partial charge in [-0.05, 0) is 69.7 Å². The van der Waals surface area contributed by atoms with Crippen LogP contribution in [0.2, 0.25) is 0 Å². The fourth-order valence-corrected chi connectivity index (χ4v) is 5.21. The first-order chi connectivity index (χ1) is 17.0. The van der Waals surface area contributed by atoms with E-state index in [2.05, 4.69) is 38.0 Å². The van der Waals surface area contributed by atoms with E-state index in [1.165, 1.54) is 0 Å². The van der Waals surface area contributed by atoms with Crippen molar-refractivity contribution in [2.75, 3.05) is 7.05 Å². The number of piperidine rings is 1. The Labute approximate surface area is 214 Å². The van der Waals surface area contributed by atoms with Crippen molar-refractivity contribution < 1.29 is 4.74 Å². The standard InChI is InChI=1S/C30H37N5O/c1-29(2)17-25(18-30(3,4)34-29)35(5)27(32)14-13-26(31)22-11-12-23-19-33-28(16-24(23)15-22)36-20-21-9-7-6-8-10-21/h6-16,19,25,31-32,34H,17-18,20H2,1-5H3/b14-13-,31-26?,32-27?. The Morgan fingerprint density at radius 2 is 1.69 bits per heavy atom. The lowest BCUT2D eigenvalue weighted by Gasteiger charge is -2.49. The lowest BCUT2D eigenvalue weighted by molar-refractivity contribution is 0.114. The molecular weight excluding hydrogens is 446 g/mol. The van der Waals surface area contributed by atoms with Crippen LogP contribution in [0.4, 0.5) is 0 Å². The molecule has 0 bridgehead atoms. The van der Waals surface area contributed by atoms with E-state index in [0.717, 1.165) is 34.7 Å². The van der Waals surface area contributed by atoms with E-state index in [0.29, 0.717) is 24.0 Å². The lowest BCUT2D eigenvalue weighted by atomic mass is 9.79. The van der Waals surface area contributed by atoms with Crippen LogP contribution in [-0.4, -0.2) is 45.6 Å². The van der Waals surface area contributed by atoms with Gasteiger partial charge in [-0.1, -0.05) is 42.5 Å². The van der Waals surface area contributed by atoms with E-state index in [1.807, 2.05) is 66.5 Å². The molecule has 0 radical (unpaired) electrons. The summed E-state index contributed by atoms with van der Waals surface area (Å²) < 4.78 is 5.88. The topological polar surface area (TPSA) is 85.1 Å². The van der Waals surface area contributed by atoms with Crippen molar-refractivity contribution in [3.8, 4) is 5.88 Å². The molecule has 1 aromatic heterocycles. The van der Waals surface area contributed by atoms with Crippen molar-refractivity contribution in [1.29, 1.82) is 10.8 Å². The number of rotatable bonds is 7. The van der Waals surface area contributed by atoms with Crippen LogP contribution >= 0.6 is 0 Å². The summed E-state index contributed by atoms with van der Waals surface area (Å²) >= 11 is 0. The van der Waals surface area contributed by atoms with Crippen LogP contribution in [0.25, 0.3) is 10.8 Å². The van der Waals surface area contributed by atoms with Gasteiger partial charge >= 0.3 is 0 Å². The Hall–Kier alpha value is -3.51. The van der Waals surface area contributed by atoms with E-state index in [1.54, 1.807) is 18.3 Å². The highest BCUT2D eigenvalue weighted by molar-refractivity contribution is 6.11. The molecule has 0 saturated carbocycles. The average molecular weight is 484 g/mol. The van der Waals surface area contributed by atoms with Gasteiger partial charge in [0.25, 0.3) is 0 Å². The number of pyridine rings is 1. The van der Waals surface area contributed by atoms with Crippen molar-refractivity contribution in [2.45, 2.75) is 64.3 Å². The minimum absolute atomic E-state index is 0.0149. The van der Waals surface area contributed by atoms with Crippen LogP contribution < -0.4 is 10.1 Å².